The van der Waals surface area contributed by atoms with Crippen molar-refractivity contribution < 1.29 is 4.79 Å². The summed E-state index contributed by atoms with van der Waals surface area (Å²) < 4.78 is 0. The number of rotatable bonds is 4. The van der Waals surface area contributed by atoms with Crippen molar-refractivity contribution in [1.29, 1.82) is 0 Å². The van der Waals surface area contributed by atoms with Crippen LogP contribution in [0.5, 0.6) is 0 Å². The van der Waals surface area contributed by atoms with Crippen molar-refractivity contribution in [3.8, 4) is 0 Å². The highest BCUT2D eigenvalue weighted by Crippen LogP contribution is 2.04. The van der Waals surface area contributed by atoms with Gasteiger partial charge in [0.25, 0.3) is 5.91 Å². The fraction of sp³-hybridized carbons (Fsp3) is 0.500. The molecule has 0 atom stereocenters. The Balaban J connectivity index is 3.05. The molecule has 3 N–H and O–H groups in total. The second kappa shape index (κ2) is 5.63. The zero-order valence-corrected chi connectivity index (χ0v) is 10.5. The monoisotopic (exact) mass is 237 g/mol. The summed E-state index contributed by atoms with van der Waals surface area (Å²) in [5, 5.41) is 0. The molecule has 1 amide bonds. The average molecular weight is 237 g/mol. The molecule has 0 fully saturated rings. The molecule has 0 radical (unpaired) electrons. The Labute approximate surface area is 101 Å². The Morgan fingerprint density at radius 1 is 1.53 bits per heavy atom. The summed E-state index contributed by atoms with van der Waals surface area (Å²) >= 11 is 0. The fourth-order valence-electron chi connectivity index (χ4n) is 1.63. The first-order chi connectivity index (χ1) is 7.97. The third kappa shape index (κ3) is 3.17. The number of carbonyl (C=O) groups excluding carboxylic acids is 1. The first-order valence-electron chi connectivity index (χ1n) is 5.67. The van der Waals surface area contributed by atoms with Crippen LogP contribution in [0.4, 0.5) is 0 Å². The maximum Gasteiger partial charge on any atom is 0.259 e. The van der Waals surface area contributed by atoms with Crippen LogP contribution < -0.4 is 11.2 Å². The van der Waals surface area contributed by atoms with E-state index >= 15 is 0 Å². The molecule has 0 spiro atoms. The van der Waals surface area contributed by atoms with E-state index in [-0.39, 0.29) is 22.9 Å². The molecule has 17 heavy (non-hydrogen) atoms. The minimum Gasteiger partial charge on any atom is -0.364 e. The number of H-pyrrole nitrogens is 1. The minimum atomic E-state index is -0.272. The standard InChI is InChI=1S/C12H19N3O2/c1-8(2)15(5-4-13)12(17)10-7-14-9(3)6-11(10)16/h6-8H,4-5,13H2,1-3H3,(H,14,16). The maximum atomic E-state index is 12.2. The summed E-state index contributed by atoms with van der Waals surface area (Å²) in [6, 6.07) is 1.44. The summed E-state index contributed by atoms with van der Waals surface area (Å²) in [6.07, 6.45) is 1.46. The second-order valence-electron chi connectivity index (χ2n) is 4.27. The quantitative estimate of drug-likeness (QED) is 0.800. The molecule has 0 unspecified atom stereocenters. The Bertz CT molecular complexity index is 451. The topological polar surface area (TPSA) is 79.2 Å². The number of nitrogens with zero attached hydrogens (tertiary/aromatic N) is 1. The van der Waals surface area contributed by atoms with Crippen LogP contribution in [0, 0.1) is 6.92 Å². The number of aromatic nitrogens is 1. The van der Waals surface area contributed by atoms with E-state index in [2.05, 4.69) is 4.98 Å². The molecule has 0 saturated carbocycles. The summed E-state index contributed by atoms with van der Waals surface area (Å²) in [5.41, 5.74) is 6.11. The molecule has 5 heteroatoms. The highest BCUT2D eigenvalue weighted by Gasteiger charge is 2.20. The molecule has 0 aromatic carbocycles. The van der Waals surface area contributed by atoms with Crippen LogP contribution in [0.25, 0.3) is 0 Å². The lowest BCUT2D eigenvalue weighted by Gasteiger charge is -2.25. The van der Waals surface area contributed by atoms with Gasteiger partial charge in [0.2, 0.25) is 0 Å². The van der Waals surface area contributed by atoms with Crippen LogP contribution in [0.3, 0.4) is 0 Å². The van der Waals surface area contributed by atoms with Crippen molar-refractivity contribution in [2.45, 2.75) is 26.8 Å². The lowest BCUT2D eigenvalue weighted by Crippen LogP contribution is -2.42. The molecule has 0 aliphatic rings. The largest absolute Gasteiger partial charge is 0.364 e. The van der Waals surface area contributed by atoms with Gasteiger partial charge in [-0.3, -0.25) is 9.59 Å². The first kappa shape index (κ1) is 13.4. The van der Waals surface area contributed by atoms with Crippen molar-refractivity contribution >= 4 is 5.91 Å². The van der Waals surface area contributed by atoms with E-state index in [1.54, 1.807) is 11.8 Å². The molecule has 0 aliphatic heterocycles. The van der Waals surface area contributed by atoms with Crippen LogP contribution in [-0.4, -0.2) is 34.9 Å². The smallest absolute Gasteiger partial charge is 0.259 e. The fourth-order valence-corrected chi connectivity index (χ4v) is 1.63. The van der Waals surface area contributed by atoms with Gasteiger partial charge in [0.15, 0.2) is 5.43 Å². The molecule has 0 bridgehead atoms. The SMILES string of the molecule is Cc1cc(=O)c(C(=O)N(CCN)C(C)C)c[nH]1. The first-order valence-corrected chi connectivity index (χ1v) is 5.67. The summed E-state index contributed by atoms with van der Waals surface area (Å²) in [6.45, 7) is 6.40. The summed E-state index contributed by atoms with van der Waals surface area (Å²) in [4.78, 5) is 28.3. The van der Waals surface area contributed by atoms with E-state index in [0.29, 0.717) is 13.1 Å². The number of amides is 1. The van der Waals surface area contributed by atoms with Crippen molar-refractivity contribution in [3.63, 3.8) is 0 Å². The van der Waals surface area contributed by atoms with Gasteiger partial charge >= 0.3 is 0 Å². The molecule has 1 aromatic heterocycles. The third-order valence-electron chi connectivity index (χ3n) is 2.54. The van der Waals surface area contributed by atoms with Crippen LogP contribution in [0.1, 0.15) is 29.9 Å². The van der Waals surface area contributed by atoms with E-state index in [1.165, 1.54) is 12.3 Å². The number of carbonyl (C=O) groups is 1. The normalized spacial score (nSPS) is 10.6. The molecule has 1 aromatic rings. The van der Waals surface area contributed by atoms with Gasteiger partial charge in [0.05, 0.1) is 0 Å². The molecular formula is C12H19N3O2. The van der Waals surface area contributed by atoms with Crippen LogP contribution in [0.15, 0.2) is 17.1 Å². The molecule has 0 saturated heterocycles. The highest BCUT2D eigenvalue weighted by molar-refractivity contribution is 5.94. The summed E-state index contributed by atoms with van der Waals surface area (Å²) in [7, 11) is 0. The van der Waals surface area contributed by atoms with Gasteiger partial charge in [-0.2, -0.15) is 0 Å². The van der Waals surface area contributed by atoms with Crippen molar-refractivity contribution in [2.75, 3.05) is 13.1 Å². The Kier molecular flexibility index (Phi) is 4.45. The van der Waals surface area contributed by atoms with Crippen molar-refractivity contribution in [3.05, 3.63) is 33.7 Å². The molecule has 0 aliphatic carbocycles. The van der Waals surface area contributed by atoms with Gasteiger partial charge in [0, 0.05) is 37.1 Å². The average Bonchev–Trinajstić information content (AvgIpc) is 2.24. The van der Waals surface area contributed by atoms with Gasteiger partial charge in [-0.15, -0.1) is 0 Å². The van der Waals surface area contributed by atoms with Crippen molar-refractivity contribution in [1.82, 2.24) is 9.88 Å². The number of aryl methyl sites for hydroxylation is 1. The zero-order chi connectivity index (χ0) is 13.0. The van der Waals surface area contributed by atoms with Gasteiger partial charge in [-0.05, 0) is 20.8 Å². The third-order valence-corrected chi connectivity index (χ3v) is 2.54. The van der Waals surface area contributed by atoms with Gasteiger partial charge < -0.3 is 15.6 Å². The van der Waals surface area contributed by atoms with Crippen LogP contribution in [-0.2, 0) is 0 Å². The minimum absolute atomic E-state index is 0.0201. The maximum absolute atomic E-state index is 12.2. The number of hydrogen-bond acceptors (Lipinski definition) is 3. The molecule has 1 heterocycles. The van der Waals surface area contributed by atoms with Gasteiger partial charge in [0.1, 0.15) is 5.56 Å². The Morgan fingerprint density at radius 2 is 2.18 bits per heavy atom. The van der Waals surface area contributed by atoms with E-state index in [4.69, 9.17) is 5.73 Å². The number of pyridine rings is 1. The number of aromatic amines is 1. The van der Waals surface area contributed by atoms with E-state index in [0.717, 1.165) is 5.69 Å². The van der Waals surface area contributed by atoms with Gasteiger partial charge in [-0.25, -0.2) is 0 Å². The second-order valence-corrected chi connectivity index (χ2v) is 4.27. The highest BCUT2D eigenvalue weighted by atomic mass is 16.2. The Morgan fingerprint density at radius 3 is 2.65 bits per heavy atom. The van der Waals surface area contributed by atoms with Crippen LogP contribution >= 0.6 is 0 Å². The lowest BCUT2D eigenvalue weighted by molar-refractivity contribution is 0.0710. The molecule has 94 valence electrons. The molecule has 5 nitrogen and oxygen atoms in total. The number of hydrogen-bond donors (Lipinski definition) is 2. The van der Waals surface area contributed by atoms with Crippen molar-refractivity contribution in [2.24, 2.45) is 5.73 Å². The van der Waals surface area contributed by atoms with Crippen LogP contribution in [0.2, 0.25) is 0 Å². The predicted molar refractivity (Wildman–Crippen MR) is 67.0 cm³/mol. The van der Waals surface area contributed by atoms with E-state index in [9.17, 15) is 9.59 Å². The van der Waals surface area contributed by atoms with E-state index in [1.807, 2.05) is 13.8 Å². The van der Waals surface area contributed by atoms with E-state index < -0.39 is 0 Å². The predicted octanol–water partition coefficient (Wildman–Crippen LogP) is 0.493. The zero-order valence-electron chi connectivity index (χ0n) is 10.5. The lowest BCUT2D eigenvalue weighted by atomic mass is 10.2. The Hall–Kier alpha value is -1.62. The molecular weight excluding hydrogens is 218 g/mol. The molecule has 1 rings (SSSR count). The number of nitrogens with two attached hydrogens (primary N) is 1. The van der Waals surface area contributed by atoms with Gasteiger partial charge in [-0.1, -0.05) is 0 Å². The summed E-state index contributed by atoms with van der Waals surface area (Å²) in [5.74, 6) is -0.272. The number of nitrogens with one attached hydrogen (secondary N) is 1.